The molecule has 0 saturated heterocycles. The quantitative estimate of drug-likeness (QED) is 0.525. The van der Waals surface area contributed by atoms with E-state index in [-0.39, 0.29) is 6.04 Å². The fourth-order valence-corrected chi connectivity index (χ4v) is 3.25. The monoisotopic (exact) mass is 353 g/mol. The van der Waals surface area contributed by atoms with E-state index in [2.05, 4.69) is 96.1 Å². The molecule has 0 aliphatic heterocycles. The predicted molar refractivity (Wildman–Crippen MR) is 110 cm³/mol. The molecule has 134 valence electrons. The number of imidazole rings is 1. The van der Waals surface area contributed by atoms with Gasteiger partial charge in [0.1, 0.15) is 0 Å². The van der Waals surface area contributed by atoms with Gasteiger partial charge in [0, 0.05) is 24.6 Å². The van der Waals surface area contributed by atoms with Gasteiger partial charge in [0.05, 0.1) is 12.4 Å². The molecule has 3 heteroatoms. The summed E-state index contributed by atoms with van der Waals surface area (Å²) in [4.78, 5) is 4.10. The van der Waals surface area contributed by atoms with Crippen molar-refractivity contribution in [2.24, 2.45) is 0 Å². The molecule has 3 aromatic carbocycles. The molecule has 0 bridgehead atoms. The van der Waals surface area contributed by atoms with Gasteiger partial charge in [0.25, 0.3) is 0 Å². The SMILES string of the molecule is Cc1ccc([C@@H](NCc2ccc(-n3ccnc3)cc2)c2ccccc2)cc1. The Balaban J connectivity index is 1.52. The van der Waals surface area contributed by atoms with Crippen LogP contribution in [0.4, 0.5) is 0 Å². The molecule has 1 aromatic heterocycles. The molecule has 0 aliphatic carbocycles. The third-order valence-corrected chi connectivity index (χ3v) is 4.79. The van der Waals surface area contributed by atoms with Crippen LogP contribution in [0.25, 0.3) is 5.69 Å². The highest BCUT2D eigenvalue weighted by Gasteiger charge is 2.13. The summed E-state index contributed by atoms with van der Waals surface area (Å²) in [5, 5.41) is 3.72. The van der Waals surface area contributed by atoms with Crippen LogP contribution < -0.4 is 5.32 Å². The standard InChI is InChI=1S/C24H23N3/c1-19-7-11-22(12-8-19)24(21-5-3-2-4-6-21)26-17-20-9-13-23(14-10-20)27-16-15-25-18-27/h2-16,18,24,26H,17H2,1H3/t24-/m0/s1. The summed E-state index contributed by atoms with van der Waals surface area (Å²) in [7, 11) is 0. The summed E-state index contributed by atoms with van der Waals surface area (Å²) in [6.45, 7) is 2.92. The zero-order valence-corrected chi connectivity index (χ0v) is 15.4. The first kappa shape index (κ1) is 17.3. The Morgan fingerprint density at radius 2 is 1.56 bits per heavy atom. The van der Waals surface area contributed by atoms with Gasteiger partial charge in [-0.1, -0.05) is 72.3 Å². The average molecular weight is 353 g/mol. The van der Waals surface area contributed by atoms with Crippen LogP contribution >= 0.6 is 0 Å². The van der Waals surface area contributed by atoms with Gasteiger partial charge in [0.2, 0.25) is 0 Å². The second-order valence-electron chi connectivity index (χ2n) is 6.77. The summed E-state index contributed by atoms with van der Waals surface area (Å²) in [5.41, 5.74) is 6.21. The second kappa shape index (κ2) is 8.02. The smallest absolute Gasteiger partial charge is 0.0991 e. The van der Waals surface area contributed by atoms with E-state index in [0.717, 1.165) is 12.2 Å². The largest absolute Gasteiger partial charge is 0.306 e. The van der Waals surface area contributed by atoms with Crippen molar-refractivity contribution in [3.05, 3.63) is 120 Å². The van der Waals surface area contributed by atoms with Crippen molar-refractivity contribution in [3.63, 3.8) is 0 Å². The van der Waals surface area contributed by atoms with E-state index in [4.69, 9.17) is 0 Å². The lowest BCUT2D eigenvalue weighted by Gasteiger charge is -2.20. The van der Waals surface area contributed by atoms with Crippen LogP contribution in [0.15, 0.2) is 97.6 Å². The Morgan fingerprint density at radius 1 is 0.852 bits per heavy atom. The Morgan fingerprint density at radius 3 is 2.22 bits per heavy atom. The van der Waals surface area contributed by atoms with Crippen LogP contribution in [0.5, 0.6) is 0 Å². The summed E-state index contributed by atoms with van der Waals surface area (Å²) in [6, 6.07) is 28.1. The Hall–Kier alpha value is -3.17. The third kappa shape index (κ3) is 4.15. The van der Waals surface area contributed by atoms with Crippen molar-refractivity contribution in [2.75, 3.05) is 0 Å². The number of rotatable bonds is 6. The number of hydrogen-bond acceptors (Lipinski definition) is 2. The summed E-state index contributed by atoms with van der Waals surface area (Å²) < 4.78 is 2.01. The van der Waals surface area contributed by atoms with Gasteiger partial charge in [-0.3, -0.25) is 0 Å². The Labute approximate surface area is 160 Å². The number of nitrogens with one attached hydrogen (secondary N) is 1. The normalized spacial score (nSPS) is 12.0. The Bertz CT molecular complexity index is 957. The molecule has 1 heterocycles. The zero-order valence-electron chi connectivity index (χ0n) is 15.4. The van der Waals surface area contributed by atoms with Gasteiger partial charge >= 0.3 is 0 Å². The van der Waals surface area contributed by atoms with Crippen LogP contribution in [0.3, 0.4) is 0 Å². The molecule has 0 fully saturated rings. The molecule has 0 spiro atoms. The second-order valence-corrected chi connectivity index (χ2v) is 6.77. The molecular formula is C24H23N3. The number of hydrogen-bond donors (Lipinski definition) is 1. The minimum Gasteiger partial charge on any atom is -0.306 e. The lowest BCUT2D eigenvalue weighted by molar-refractivity contribution is 0.605. The molecule has 27 heavy (non-hydrogen) atoms. The van der Waals surface area contributed by atoms with Gasteiger partial charge in [-0.25, -0.2) is 4.98 Å². The summed E-state index contributed by atoms with van der Waals surface area (Å²) in [6.07, 6.45) is 5.56. The number of benzene rings is 3. The maximum absolute atomic E-state index is 4.10. The third-order valence-electron chi connectivity index (χ3n) is 4.79. The van der Waals surface area contributed by atoms with Crippen molar-refractivity contribution in [1.82, 2.24) is 14.9 Å². The van der Waals surface area contributed by atoms with E-state index >= 15 is 0 Å². The van der Waals surface area contributed by atoms with Crippen molar-refractivity contribution in [2.45, 2.75) is 19.5 Å². The van der Waals surface area contributed by atoms with Crippen LogP contribution in [0.2, 0.25) is 0 Å². The summed E-state index contributed by atoms with van der Waals surface area (Å²) >= 11 is 0. The molecule has 4 rings (SSSR count). The van der Waals surface area contributed by atoms with Crippen molar-refractivity contribution < 1.29 is 0 Å². The number of nitrogens with zero attached hydrogens (tertiary/aromatic N) is 2. The molecule has 0 saturated carbocycles. The van der Waals surface area contributed by atoms with E-state index in [1.54, 1.807) is 6.20 Å². The first-order chi connectivity index (χ1) is 13.3. The lowest BCUT2D eigenvalue weighted by Crippen LogP contribution is -2.22. The molecule has 0 amide bonds. The van der Waals surface area contributed by atoms with Crippen molar-refractivity contribution >= 4 is 0 Å². The topological polar surface area (TPSA) is 29.9 Å². The van der Waals surface area contributed by atoms with Gasteiger partial charge < -0.3 is 9.88 Å². The van der Waals surface area contributed by atoms with E-state index in [9.17, 15) is 0 Å². The molecule has 4 aromatic rings. The first-order valence-electron chi connectivity index (χ1n) is 9.22. The highest BCUT2D eigenvalue weighted by Crippen LogP contribution is 2.23. The molecular weight excluding hydrogens is 330 g/mol. The molecule has 0 aliphatic rings. The van der Waals surface area contributed by atoms with Crippen molar-refractivity contribution in [3.8, 4) is 5.69 Å². The van der Waals surface area contributed by atoms with Gasteiger partial charge in [0.15, 0.2) is 0 Å². The van der Waals surface area contributed by atoms with E-state index < -0.39 is 0 Å². The summed E-state index contributed by atoms with van der Waals surface area (Å²) in [5.74, 6) is 0. The van der Waals surface area contributed by atoms with Crippen LogP contribution in [-0.2, 0) is 6.54 Å². The van der Waals surface area contributed by atoms with E-state index in [1.165, 1.54) is 22.3 Å². The molecule has 1 atom stereocenters. The maximum atomic E-state index is 4.10. The number of aromatic nitrogens is 2. The van der Waals surface area contributed by atoms with E-state index in [0.29, 0.717) is 0 Å². The highest BCUT2D eigenvalue weighted by molar-refractivity contribution is 5.36. The van der Waals surface area contributed by atoms with Gasteiger partial charge in [-0.15, -0.1) is 0 Å². The van der Waals surface area contributed by atoms with E-state index in [1.807, 2.05) is 17.1 Å². The average Bonchev–Trinajstić information content (AvgIpc) is 3.26. The van der Waals surface area contributed by atoms with Crippen molar-refractivity contribution in [1.29, 1.82) is 0 Å². The zero-order chi connectivity index (χ0) is 18.5. The van der Waals surface area contributed by atoms with Gasteiger partial charge in [-0.05, 0) is 35.7 Å². The fourth-order valence-electron chi connectivity index (χ4n) is 3.25. The number of aryl methyl sites for hydroxylation is 1. The molecule has 0 radical (unpaired) electrons. The minimum absolute atomic E-state index is 0.167. The lowest BCUT2D eigenvalue weighted by atomic mass is 9.97. The first-order valence-corrected chi connectivity index (χ1v) is 9.22. The maximum Gasteiger partial charge on any atom is 0.0991 e. The molecule has 3 nitrogen and oxygen atoms in total. The van der Waals surface area contributed by atoms with Gasteiger partial charge in [-0.2, -0.15) is 0 Å². The van der Waals surface area contributed by atoms with Crippen LogP contribution in [0, 0.1) is 6.92 Å². The minimum atomic E-state index is 0.167. The highest BCUT2D eigenvalue weighted by atomic mass is 15.0. The van der Waals surface area contributed by atoms with Crippen LogP contribution in [0.1, 0.15) is 28.3 Å². The fraction of sp³-hybridized carbons (Fsp3) is 0.125. The predicted octanol–water partition coefficient (Wildman–Crippen LogP) is 5.06. The molecule has 1 N–H and O–H groups in total. The van der Waals surface area contributed by atoms with Crippen LogP contribution in [-0.4, -0.2) is 9.55 Å². The molecule has 0 unspecified atom stereocenters. The Kier molecular flexibility index (Phi) is 5.13.